The minimum Gasteiger partial charge on any atom is -0.357 e. The number of amides is 1. The highest BCUT2D eigenvalue weighted by atomic mass is 127. The van der Waals surface area contributed by atoms with E-state index in [1.165, 1.54) is 13.0 Å². The average molecular weight is 487 g/mol. The molecule has 1 heterocycles. The summed E-state index contributed by atoms with van der Waals surface area (Å²) in [6.07, 6.45) is 3.44. The SMILES string of the molecule is CCCN1CCC(NC(=NCC(=O)NCc2ccccc2)NCC)CC1.I. The Morgan fingerprint density at radius 3 is 2.48 bits per heavy atom. The second-order valence-corrected chi connectivity index (χ2v) is 6.72. The van der Waals surface area contributed by atoms with Crippen molar-refractivity contribution in [2.75, 3.05) is 32.7 Å². The summed E-state index contributed by atoms with van der Waals surface area (Å²) in [4.78, 5) is 19.0. The smallest absolute Gasteiger partial charge is 0.242 e. The summed E-state index contributed by atoms with van der Waals surface area (Å²) in [5.41, 5.74) is 1.09. The monoisotopic (exact) mass is 487 g/mol. The zero-order chi connectivity index (χ0) is 18.6. The minimum absolute atomic E-state index is 0. The van der Waals surface area contributed by atoms with Gasteiger partial charge >= 0.3 is 0 Å². The van der Waals surface area contributed by atoms with Crippen molar-refractivity contribution < 1.29 is 4.79 Å². The van der Waals surface area contributed by atoms with Crippen LogP contribution in [-0.2, 0) is 11.3 Å². The number of nitrogens with zero attached hydrogens (tertiary/aromatic N) is 2. The molecule has 1 saturated heterocycles. The molecular formula is C20H34IN5O. The van der Waals surface area contributed by atoms with Gasteiger partial charge in [-0.3, -0.25) is 4.79 Å². The largest absolute Gasteiger partial charge is 0.357 e. The third-order valence-electron chi connectivity index (χ3n) is 4.53. The van der Waals surface area contributed by atoms with Crippen LogP contribution in [-0.4, -0.2) is 55.5 Å². The number of likely N-dealkylation sites (tertiary alicyclic amines) is 1. The zero-order valence-corrected chi connectivity index (χ0v) is 18.9. The van der Waals surface area contributed by atoms with Crippen LogP contribution in [0, 0.1) is 0 Å². The first-order chi connectivity index (χ1) is 12.7. The van der Waals surface area contributed by atoms with Crippen LogP contribution in [0.25, 0.3) is 0 Å². The molecule has 6 nitrogen and oxygen atoms in total. The van der Waals surface area contributed by atoms with Crippen molar-refractivity contribution in [2.24, 2.45) is 4.99 Å². The van der Waals surface area contributed by atoms with Crippen molar-refractivity contribution in [1.82, 2.24) is 20.9 Å². The Hall–Kier alpha value is -1.35. The number of guanidine groups is 1. The maximum absolute atomic E-state index is 12.1. The van der Waals surface area contributed by atoms with E-state index in [1.54, 1.807) is 0 Å². The van der Waals surface area contributed by atoms with Crippen LogP contribution in [0.1, 0.15) is 38.7 Å². The molecule has 0 atom stereocenters. The first kappa shape index (κ1) is 23.7. The molecule has 1 amide bonds. The number of carbonyl (C=O) groups excluding carboxylic acids is 1. The second-order valence-electron chi connectivity index (χ2n) is 6.72. The molecule has 1 fully saturated rings. The Morgan fingerprint density at radius 1 is 1.15 bits per heavy atom. The molecule has 27 heavy (non-hydrogen) atoms. The van der Waals surface area contributed by atoms with Gasteiger partial charge in [-0.2, -0.15) is 0 Å². The number of nitrogens with one attached hydrogen (secondary N) is 3. The van der Waals surface area contributed by atoms with E-state index in [2.05, 4.69) is 32.8 Å². The zero-order valence-electron chi connectivity index (χ0n) is 16.5. The average Bonchev–Trinajstić information content (AvgIpc) is 2.67. The van der Waals surface area contributed by atoms with E-state index in [1.807, 2.05) is 37.3 Å². The van der Waals surface area contributed by atoms with Crippen LogP contribution in [0.4, 0.5) is 0 Å². The number of carbonyl (C=O) groups is 1. The molecule has 1 aliphatic rings. The van der Waals surface area contributed by atoms with E-state index in [0.29, 0.717) is 12.6 Å². The summed E-state index contributed by atoms with van der Waals surface area (Å²) in [7, 11) is 0. The molecule has 1 aliphatic heterocycles. The lowest BCUT2D eigenvalue weighted by atomic mass is 10.1. The number of aliphatic imine (C=N–C) groups is 1. The molecule has 0 aromatic heterocycles. The van der Waals surface area contributed by atoms with Gasteiger partial charge in [-0.1, -0.05) is 37.3 Å². The van der Waals surface area contributed by atoms with Crippen molar-refractivity contribution in [2.45, 2.75) is 45.7 Å². The van der Waals surface area contributed by atoms with Crippen LogP contribution in [0.3, 0.4) is 0 Å². The summed E-state index contributed by atoms with van der Waals surface area (Å²) in [5, 5.41) is 9.63. The van der Waals surface area contributed by atoms with Gasteiger partial charge in [0.25, 0.3) is 0 Å². The highest BCUT2D eigenvalue weighted by molar-refractivity contribution is 14.0. The van der Waals surface area contributed by atoms with Crippen LogP contribution in [0.15, 0.2) is 35.3 Å². The fraction of sp³-hybridized carbons (Fsp3) is 0.600. The van der Waals surface area contributed by atoms with Crippen LogP contribution >= 0.6 is 24.0 Å². The van der Waals surface area contributed by atoms with Crippen LogP contribution in [0.5, 0.6) is 0 Å². The van der Waals surface area contributed by atoms with Gasteiger partial charge in [-0.15, -0.1) is 24.0 Å². The minimum atomic E-state index is -0.0659. The number of halogens is 1. The van der Waals surface area contributed by atoms with Gasteiger partial charge in [0, 0.05) is 32.2 Å². The Bertz CT molecular complexity index is 559. The summed E-state index contributed by atoms with van der Waals surface area (Å²) in [5.74, 6) is 0.667. The molecule has 0 unspecified atom stereocenters. The predicted molar refractivity (Wildman–Crippen MR) is 123 cm³/mol. The fourth-order valence-corrected chi connectivity index (χ4v) is 3.13. The van der Waals surface area contributed by atoms with Crippen LogP contribution in [0.2, 0.25) is 0 Å². The lowest BCUT2D eigenvalue weighted by molar-refractivity contribution is -0.119. The lowest BCUT2D eigenvalue weighted by Crippen LogP contribution is -2.49. The first-order valence-corrected chi connectivity index (χ1v) is 9.79. The third-order valence-corrected chi connectivity index (χ3v) is 4.53. The number of rotatable bonds is 8. The molecule has 0 bridgehead atoms. The van der Waals surface area contributed by atoms with Crippen molar-refractivity contribution in [1.29, 1.82) is 0 Å². The molecule has 1 aromatic rings. The Labute approximate surface area is 180 Å². The fourth-order valence-electron chi connectivity index (χ4n) is 3.13. The molecule has 152 valence electrons. The Balaban J connectivity index is 0.00000364. The van der Waals surface area contributed by atoms with Gasteiger partial charge < -0.3 is 20.9 Å². The lowest BCUT2D eigenvalue weighted by Gasteiger charge is -2.32. The summed E-state index contributed by atoms with van der Waals surface area (Å²) < 4.78 is 0. The van der Waals surface area contributed by atoms with E-state index in [-0.39, 0.29) is 36.4 Å². The van der Waals surface area contributed by atoms with Crippen molar-refractivity contribution in [3.63, 3.8) is 0 Å². The summed E-state index contributed by atoms with van der Waals surface area (Å²) in [6, 6.07) is 10.3. The molecular weight excluding hydrogens is 453 g/mol. The maximum atomic E-state index is 12.1. The van der Waals surface area contributed by atoms with Crippen LogP contribution < -0.4 is 16.0 Å². The van der Waals surface area contributed by atoms with Gasteiger partial charge in [-0.05, 0) is 38.3 Å². The van der Waals surface area contributed by atoms with E-state index in [9.17, 15) is 4.79 Å². The predicted octanol–water partition coefficient (Wildman–Crippen LogP) is 2.35. The highest BCUT2D eigenvalue weighted by Gasteiger charge is 2.19. The van der Waals surface area contributed by atoms with Gasteiger partial charge in [0.05, 0.1) is 0 Å². The highest BCUT2D eigenvalue weighted by Crippen LogP contribution is 2.10. The van der Waals surface area contributed by atoms with Gasteiger partial charge in [0.2, 0.25) is 5.91 Å². The molecule has 2 rings (SSSR count). The summed E-state index contributed by atoms with van der Waals surface area (Å²) in [6.45, 7) is 9.16. The van der Waals surface area contributed by atoms with E-state index >= 15 is 0 Å². The number of hydrogen-bond acceptors (Lipinski definition) is 3. The maximum Gasteiger partial charge on any atom is 0.242 e. The molecule has 0 radical (unpaired) electrons. The van der Waals surface area contributed by atoms with Crippen molar-refractivity contribution in [3.05, 3.63) is 35.9 Å². The van der Waals surface area contributed by atoms with Gasteiger partial charge in [0.15, 0.2) is 5.96 Å². The van der Waals surface area contributed by atoms with E-state index in [0.717, 1.165) is 44.0 Å². The Kier molecular flexibility index (Phi) is 12.1. The molecule has 0 aliphatic carbocycles. The summed E-state index contributed by atoms with van der Waals surface area (Å²) >= 11 is 0. The molecule has 0 spiro atoms. The standard InChI is InChI=1S/C20H33N5O.HI/c1-3-12-25-13-10-18(11-14-25)24-20(21-4-2)23-16-19(26)22-15-17-8-6-5-7-9-17;/h5-9,18H,3-4,10-16H2,1-2H3,(H,22,26)(H2,21,23,24);1H. The Morgan fingerprint density at radius 2 is 1.85 bits per heavy atom. The van der Waals surface area contributed by atoms with Crippen molar-refractivity contribution >= 4 is 35.8 Å². The topological polar surface area (TPSA) is 68.8 Å². The third kappa shape index (κ3) is 9.41. The number of hydrogen-bond donors (Lipinski definition) is 3. The first-order valence-electron chi connectivity index (χ1n) is 9.79. The molecule has 1 aromatic carbocycles. The van der Waals surface area contributed by atoms with Crippen molar-refractivity contribution in [3.8, 4) is 0 Å². The number of piperidine rings is 1. The molecule has 7 heteroatoms. The number of benzene rings is 1. The molecule has 3 N–H and O–H groups in total. The molecule has 0 saturated carbocycles. The quantitative estimate of drug-likeness (QED) is 0.299. The normalized spacial score (nSPS) is 15.7. The van der Waals surface area contributed by atoms with E-state index in [4.69, 9.17) is 0 Å². The second kappa shape index (κ2) is 13.8. The van der Waals surface area contributed by atoms with Gasteiger partial charge in [0.1, 0.15) is 6.54 Å². The van der Waals surface area contributed by atoms with E-state index < -0.39 is 0 Å². The van der Waals surface area contributed by atoms with Gasteiger partial charge in [-0.25, -0.2) is 4.99 Å².